The standard InChI is InChI=1S/C18H20N2O5S/c1-12-17(25-16-9-4-3-8-15(16)24-12)18(21)19-11-13-6-5-7-14(10-13)20-26(2,22)23/h3-10,12,17,20H,11H2,1-2H3,(H,19,21)/t12-,17-/m0/s1. The van der Waals surface area contributed by atoms with Gasteiger partial charge in [0, 0.05) is 12.2 Å². The van der Waals surface area contributed by atoms with Gasteiger partial charge in [0.2, 0.25) is 16.1 Å². The molecule has 2 atom stereocenters. The van der Waals surface area contributed by atoms with Gasteiger partial charge in [-0.05, 0) is 36.8 Å². The van der Waals surface area contributed by atoms with Crippen LogP contribution in [0, 0.1) is 0 Å². The molecule has 0 fully saturated rings. The van der Waals surface area contributed by atoms with E-state index in [-0.39, 0.29) is 12.5 Å². The molecule has 2 aromatic carbocycles. The van der Waals surface area contributed by atoms with Gasteiger partial charge in [-0.2, -0.15) is 0 Å². The summed E-state index contributed by atoms with van der Waals surface area (Å²) < 4.78 is 36.5. The minimum Gasteiger partial charge on any atom is -0.482 e. The maximum Gasteiger partial charge on any atom is 0.265 e. The maximum atomic E-state index is 12.5. The first-order valence-corrected chi connectivity index (χ1v) is 9.98. The molecular weight excluding hydrogens is 356 g/mol. The lowest BCUT2D eigenvalue weighted by Gasteiger charge is -2.31. The van der Waals surface area contributed by atoms with Crippen LogP contribution in [0.5, 0.6) is 11.5 Å². The van der Waals surface area contributed by atoms with Crippen molar-refractivity contribution in [3.8, 4) is 11.5 Å². The number of fused-ring (bicyclic) bond motifs is 1. The lowest BCUT2D eigenvalue weighted by Crippen LogP contribution is -2.48. The summed E-state index contributed by atoms with van der Waals surface area (Å²) in [5.41, 5.74) is 1.20. The van der Waals surface area contributed by atoms with E-state index >= 15 is 0 Å². The number of amides is 1. The molecule has 7 nitrogen and oxygen atoms in total. The third-order valence-corrected chi connectivity index (χ3v) is 4.40. The van der Waals surface area contributed by atoms with E-state index < -0.39 is 22.2 Å². The first-order valence-electron chi connectivity index (χ1n) is 8.08. The van der Waals surface area contributed by atoms with E-state index in [0.717, 1.165) is 11.8 Å². The monoisotopic (exact) mass is 376 g/mol. The molecule has 0 radical (unpaired) electrons. The van der Waals surface area contributed by atoms with Gasteiger partial charge in [0.05, 0.1) is 6.26 Å². The Morgan fingerprint density at radius 1 is 1.08 bits per heavy atom. The van der Waals surface area contributed by atoms with Crippen LogP contribution in [0.15, 0.2) is 48.5 Å². The number of carbonyl (C=O) groups is 1. The van der Waals surface area contributed by atoms with Gasteiger partial charge in [0.1, 0.15) is 6.10 Å². The van der Waals surface area contributed by atoms with Gasteiger partial charge < -0.3 is 14.8 Å². The average Bonchev–Trinajstić information content (AvgIpc) is 2.58. The van der Waals surface area contributed by atoms with Crippen LogP contribution in [0.25, 0.3) is 0 Å². The summed E-state index contributed by atoms with van der Waals surface area (Å²) >= 11 is 0. The van der Waals surface area contributed by atoms with Crippen molar-refractivity contribution in [1.29, 1.82) is 0 Å². The minimum atomic E-state index is -3.35. The number of benzene rings is 2. The summed E-state index contributed by atoms with van der Waals surface area (Å²) in [7, 11) is -3.35. The summed E-state index contributed by atoms with van der Waals surface area (Å²) in [4.78, 5) is 12.5. The number of carbonyl (C=O) groups excluding carboxylic acids is 1. The quantitative estimate of drug-likeness (QED) is 0.831. The molecule has 0 saturated carbocycles. The molecule has 0 spiro atoms. The molecule has 8 heteroatoms. The van der Waals surface area contributed by atoms with Gasteiger partial charge in [-0.1, -0.05) is 24.3 Å². The number of para-hydroxylation sites is 2. The van der Waals surface area contributed by atoms with E-state index in [1.807, 2.05) is 12.1 Å². The zero-order valence-electron chi connectivity index (χ0n) is 14.4. The Hall–Kier alpha value is -2.74. The molecule has 2 N–H and O–H groups in total. The van der Waals surface area contributed by atoms with Gasteiger partial charge in [-0.3, -0.25) is 9.52 Å². The highest BCUT2D eigenvalue weighted by Gasteiger charge is 2.33. The van der Waals surface area contributed by atoms with Crippen LogP contribution in [0.1, 0.15) is 12.5 Å². The first-order chi connectivity index (χ1) is 12.3. The SMILES string of the molecule is C[C@@H]1Oc2ccccc2O[C@@H]1C(=O)NCc1cccc(NS(C)(=O)=O)c1. The molecule has 1 amide bonds. The molecule has 0 aliphatic carbocycles. The number of anilines is 1. The summed E-state index contributed by atoms with van der Waals surface area (Å²) in [6.07, 6.45) is -0.105. The Labute approximate surface area is 152 Å². The Kier molecular flexibility index (Phi) is 5.03. The Morgan fingerprint density at radius 3 is 2.46 bits per heavy atom. The summed E-state index contributed by atoms with van der Waals surface area (Å²) in [5, 5.41) is 2.80. The van der Waals surface area contributed by atoms with E-state index in [0.29, 0.717) is 17.2 Å². The summed E-state index contributed by atoms with van der Waals surface area (Å²) in [6, 6.07) is 14.0. The molecule has 138 valence electrons. The van der Waals surface area contributed by atoms with Gasteiger partial charge >= 0.3 is 0 Å². The molecule has 1 aliphatic rings. The molecule has 26 heavy (non-hydrogen) atoms. The average molecular weight is 376 g/mol. The van der Waals surface area contributed by atoms with Gasteiger partial charge in [0.25, 0.3) is 5.91 Å². The van der Waals surface area contributed by atoms with Crippen molar-refractivity contribution >= 4 is 21.6 Å². The van der Waals surface area contributed by atoms with Crippen molar-refractivity contribution in [3.63, 3.8) is 0 Å². The zero-order chi connectivity index (χ0) is 18.7. The van der Waals surface area contributed by atoms with Gasteiger partial charge in [0.15, 0.2) is 11.5 Å². The predicted molar refractivity (Wildman–Crippen MR) is 97.7 cm³/mol. The van der Waals surface area contributed by atoms with Crippen LogP contribution < -0.4 is 19.5 Å². The van der Waals surface area contributed by atoms with Crippen molar-refractivity contribution in [3.05, 3.63) is 54.1 Å². The van der Waals surface area contributed by atoms with Crippen LogP contribution >= 0.6 is 0 Å². The number of ether oxygens (including phenoxy) is 2. The fraction of sp³-hybridized carbons (Fsp3) is 0.278. The van der Waals surface area contributed by atoms with Crippen LogP contribution in [-0.2, 0) is 21.4 Å². The summed E-state index contributed by atoms with van der Waals surface area (Å²) in [6.45, 7) is 2.02. The van der Waals surface area contributed by atoms with Crippen LogP contribution in [0.4, 0.5) is 5.69 Å². The molecular formula is C18H20N2O5S. The smallest absolute Gasteiger partial charge is 0.265 e. The van der Waals surface area contributed by atoms with Crippen molar-refractivity contribution in [2.75, 3.05) is 11.0 Å². The van der Waals surface area contributed by atoms with Crippen LogP contribution in [0.3, 0.4) is 0 Å². The molecule has 0 bridgehead atoms. The van der Waals surface area contributed by atoms with E-state index in [2.05, 4.69) is 10.0 Å². The molecule has 2 aromatic rings. The third-order valence-electron chi connectivity index (χ3n) is 3.80. The Morgan fingerprint density at radius 2 is 1.77 bits per heavy atom. The topological polar surface area (TPSA) is 93.7 Å². The normalized spacial score (nSPS) is 18.8. The predicted octanol–water partition coefficient (Wildman–Crippen LogP) is 1.90. The Balaban J connectivity index is 1.63. The van der Waals surface area contributed by atoms with E-state index in [1.165, 1.54) is 0 Å². The van der Waals surface area contributed by atoms with Crippen LogP contribution in [0.2, 0.25) is 0 Å². The fourth-order valence-corrected chi connectivity index (χ4v) is 3.21. The zero-order valence-corrected chi connectivity index (χ0v) is 15.2. The maximum absolute atomic E-state index is 12.5. The van der Waals surface area contributed by atoms with Crippen molar-refractivity contribution < 1.29 is 22.7 Å². The number of rotatable bonds is 5. The second-order valence-corrected chi connectivity index (χ2v) is 7.85. The largest absolute Gasteiger partial charge is 0.482 e. The molecule has 3 rings (SSSR count). The number of nitrogens with one attached hydrogen (secondary N) is 2. The number of hydrogen-bond donors (Lipinski definition) is 2. The summed E-state index contributed by atoms with van der Waals surface area (Å²) in [5.74, 6) is 0.849. The highest BCUT2D eigenvalue weighted by Crippen LogP contribution is 2.33. The van der Waals surface area contributed by atoms with E-state index in [9.17, 15) is 13.2 Å². The first kappa shape index (κ1) is 18.1. The highest BCUT2D eigenvalue weighted by atomic mass is 32.2. The molecule has 1 aliphatic heterocycles. The lowest BCUT2D eigenvalue weighted by molar-refractivity contribution is -0.133. The minimum absolute atomic E-state index is 0.242. The van der Waals surface area contributed by atoms with Crippen LogP contribution in [-0.4, -0.2) is 32.8 Å². The van der Waals surface area contributed by atoms with Crippen molar-refractivity contribution in [2.45, 2.75) is 25.7 Å². The van der Waals surface area contributed by atoms with Crippen molar-refractivity contribution in [2.24, 2.45) is 0 Å². The van der Waals surface area contributed by atoms with E-state index in [1.54, 1.807) is 43.3 Å². The molecule has 0 aromatic heterocycles. The van der Waals surface area contributed by atoms with E-state index in [4.69, 9.17) is 9.47 Å². The highest BCUT2D eigenvalue weighted by molar-refractivity contribution is 7.92. The number of hydrogen-bond acceptors (Lipinski definition) is 5. The van der Waals surface area contributed by atoms with Gasteiger partial charge in [-0.15, -0.1) is 0 Å². The molecule has 0 unspecified atom stereocenters. The molecule has 1 heterocycles. The molecule has 0 saturated heterocycles. The lowest BCUT2D eigenvalue weighted by atomic mass is 10.1. The Bertz CT molecular complexity index is 913. The van der Waals surface area contributed by atoms with Gasteiger partial charge in [-0.25, -0.2) is 8.42 Å². The number of sulfonamides is 1. The fourth-order valence-electron chi connectivity index (χ4n) is 2.65. The second kappa shape index (κ2) is 7.25. The van der Waals surface area contributed by atoms with Crippen molar-refractivity contribution in [1.82, 2.24) is 5.32 Å². The second-order valence-electron chi connectivity index (χ2n) is 6.10. The third kappa shape index (κ3) is 4.45.